The van der Waals surface area contributed by atoms with Gasteiger partial charge >= 0.3 is 17.9 Å². The number of hydrogen-bond acceptors (Lipinski definition) is 7. The second-order valence-electron chi connectivity index (χ2n) is 6.74. The van der Waals surface area contributed by atoms with Crippen LogP contribution in [0.25, 0.3) is 10.9 Å². The summed E-state index contributed by atoms with van der Waals surface area (Å²) in [6.07, 6.45) is 2.16. The number of nitrogens with one attached hydrogen (secondary N) is 1. The molecule has 2 rings (SSSR count). The molecule has 1 aromatic heterocycles. The smallest absolute Gasteiger partial charge is 0.322 e. The molecule has 0 radical (unpaired) electrons. The lowest BCUT2D eigenvalue weighted by Gasteiger charge is -2.07. The zero-order chi connectivity index (χ0) is 23.4. The number of aliphatic carboxylic acids is 3. The number of para-hydroxylation sites is 1. The Bertz CT molecular complexity index is 822. The number of carboxylic acid groups (broad SMARTS) is 3. The number of aliphatic hydroxyl groups excluding tert-OH is 1. The number of hydrogen-bond donors (Lipinski definition) is 8. The van der Waals surface area contributed by atoms with E-state index < -0.39 is 42.6 Å². The molecular formula is C19H30N4O7. The highest BCUT2D eigenvalue weighted by Crippen LogP contribution is 2.18. The first kappa shape index (κ1) is 27.0. The maximum Gasteiger partial charge on any atom is 0.322 e. The molecule has 1 aromatic carbocycles. The Kier molecular flexibility index (Phi) is 12.0. The van der Waals surface area contributed by atoms with Crippen molar-refractivity contribution in [2.45, 2.75) is 38.4 Å². The fraction of sp³-hybridized carbons (Fsp3) is 0.421. The minimum Gasteiger partial charge on any atom is -0.480 e. The Morgan fingerprint density at radius 1 is 0.933 bits per heavy atom. The first-order chi connectivity index (χ1) is 13.9. The fourth-order valence-electron chi connectivity index (χ4n) is 1.99. The van der Waals surface area contributed by atoms with Crippen LogP contribution in [0, 0.1) is 5.92 Å². The second kappa shape index (κ2) is 13.3. The van der Waals surface area contributed by atoms with E-state index in [1.165, 1.54) is 0 Å². The van der Waals surface area contributed by atoms with Gasteiger partial charge in [0.15, 0.2) is 0 Å². The van der Waals surface area contributed by atoms with Gasteiger partial charge in [-0.25, -0.2) is 0 Å². The van der Waals surface area contributed by atoms with E-state index in [4.69, 9.17) is 37.6 Å². The molecule has 0 amide bonds. The zero-order valence-corrected chi connectivity index (χ0v) is 16.9. The number of H-pyrrole nitrogens is 1. The third-order valence-corrected chi connectivity index (χ3v) is 3.95. The van der Waals surface area contributed by atoms with Crippen LogP contribution in [0.1, 0.15) is 19.4 Å². The van der Waals surface area contributed by atoms with Gasteiger partial charge in [-0.1, -0.05) is 32.0 Å². The molecule has 3 unspecified atom stereocenters. The van der Waals surface area contributed by atoms with Crippen LogP contribution < -0.4 is 17.2 Å². The van der Waals surface area contributed by atoms with Gasteiger partial charge in [0.1, 0.15) is 18.1 Å². The predicted octanol–water partition coefficient (Wildman–Crippen LogP) is -0.433. The molecule has 0 saturated heterocycles. The molecule has 0 aliphatic rings. The highest BCUT2D eigenvalue weighted by atomic mass is 16.4. The summed E-state index contributed by atoms with van der Waals surface area (Å²) in [6.45, 7) is 3.05. The van der Waals surface area contributed by atoms with Crippen molar-refractivity contribution >= 4 is 28.8 Å². The van der Waals surface area contributed by atoms with Crippen molar-refractivity contribution in [3.8, 4) is 0 Å². The minimum absolute atomic E-state index is 0.0208. The molecule has 0 saturated carbocycles. The maximum atomic E-state index is 10.6. The van der Waals surface area contributed by atoms with Gasteiger partial charge in [-0.05, 0) is 17.5 Å². The Balaban J connectivity index is 0.000000477. The van der Waals surface area contributed by atoms with E-state index in [1.807, 2.05) is 30.5 Å². The molecule has 0 aliphatic carbocycles. The molecule has 3 atom stereocenters. The molecule has 0 spiro atoms. The van der Waals surface area contributed by atoms with Crippen LogP contribution in [-0.4, -0.2) is 68.1 Å². The third kappa shape index (κ3) is 9.47. The molecule has 11 heteroatoms. The van der Waals surface area contributed by atoms with Crippen molar-refractivity contribution in [3.05, 3.63) is 36.0 Å². The minimum atomic E-state index is -1.18. The van der Waals surface area contributed by atoms with Gasteiger partial charge in [0, 0.05) is 23.5 Å². The fourth-order valence-corrected chi connectivity index (χ4v) is 1.99. The van der Waals surface area contributed by atoms with Gasteiger partial charge in [0.05, 0.1) is 6.61 Å². The summed E-state index contributed by atoms with van der Waals surface area (Å²) < 4.78 is 0. The normalized spacial score (nSPS) is 13.3. The van der Waals surface area contributed by atoms with Crippen LogP contribution in [0.3, 0.4) is 0 Å². The van der Waals surface area contributed by atoms with Crippen molar-refractivity contribution in [1.82, 2.24) is 4.98 Å². The molecule has 30 heavy (non-hydrogen) atoms. The third-order valence-electron chi connectivity index (χ3n) is 3.95. The lowest BCUT2D eigenvalue weighted by molar-refractivity contribution is -0.140. The lowest BCUT2D eigenvalue weighted by atomic mass is 10.1. The molecule has 2 aromatic rings. The molecule has 11 nitrogen and oxygen atoms in total. The van der Waals surface area contributed by atoms with Crippen LogP contribution in [0.2, 0.25) is 0 Å². The number of aromatic nitrogens is 1. The van der Waals surface area contributed by atoms with E-state index in [9.17, 15) is 14.4 Å². The summed E-state index contributed by atoms with van der Waals surface area (Å²) in [5.74, 6) is -3.06. The standard InChI is InChI=1S/C11H12N2O2.C5H11NO2.C3H7NO3/c12-9(11(14)15)5-7-6-13-10-4-2-1-3-8(7)10;1-3(2)4(6)5(7)8;4-2(1-5)3(6)7/h1-4,6,9,13H,5,12H2,(H,14,15);3-4H,6H2,1-2H3,(H,7,8);2,5H,1,4H2,(H,6,7). The van der Waals surface area contributed by atoms with Gasteiger partial charge in [-0.2, -0.15) is 0 Å². The summed E-state index contributed by atoms with van der Waals surface area (Å²) >= 11 is 0. The first-order valence-electron chi connectivity index (χ1n) is 9.03. The summed E-state index contributed by atoms with van der Waals surface area (Å²) in [5.41, 5.74) is 17.4. The van der Waals surface area contributed by atoms with Crippen LogP contribution in [0.4, 0.5) is 0 Å². The number of rotatable bonds is 7. The predicted molar refractivity (Wildman–Crippen MR) is 111 cm³/mol. The molecule has 0 bridgehead atoms. The molecule has 1 heterocycles. The van der Waals surface area contributed by atoms with Crippen LogP contribution in [-0.2, 0) is 20.8 Å². The van der Waals surface area contributed by atoms with Crippen molar-refractivity contribution in [2.75, 3.05) is 6.61 Å². The molecule has 11 N–H and O–H groups in total. The van der Waals surface area contributed by atoms with E-state index >= 15 is 0 Å². The molecule has 168 valence electrons. The summed E-state index contributed by atoms with van der Waals surface area (Å²) in [7, 11) is 0. The van der Waals surface area contributed by atoms with Crippen molar-refractivity contribution in [3.63, 3.8) is 0 Å². The topological polar surface area (TPSA) is 226 Å². The van der Waals surface area contributed by atoms with Crippen molar-refractivity contribution in [1.29, 1.82) is 0 Å². The Morgan fingerprint density at radius 2 is 1.47 bits per heavy atom. The van der Waals surface area contributed by atoms with Gasteiger partial charge in [-0.15, -0.1) is 0 Å². The Labute approximate surface area is 173 Å². The maximum absolute atomic E-state index is 10.6. The molecule has 0 fully saturated rings. The lowest BCUT2D eigenvalue weighted by Crippen LogP contribution is -2.34. The number of benzene rings is 1. The largest absolute Gasteiger partial charge is 0.480 e. The average Bonchev–Trinajstić information content (AvgIpc) is 3.10. The second-order valence-corrected chi connectivity index (χ2v) is 6.74. The van der Waals surface area contributed by atoms with Crippen LogP contribution in [0.5, 0.6) is 0 Å². The number of nitrogens with two attached hydrogens (primary N) is 3. The summed E-state index contributed by atoms with van der Waals surface area (Å²) in [4.78, 5) is 33.4. The first-order valence-corrected chi connectivity index (χ1v) is 9.03. The molecule has 0 aliphatic heterocycles. The van der Waals surface area contributed by atoms with Gasteiger partial charge in [0.25, 0.3) is 0 Å². The SMILES string of the molecule is CC(C)C(N)C(=O)O.NC(CO)C(=O)O.NC(Cc1c[nH]c2ccccc12)C(=O)O. The van der Waals surface area contributed by atoms with E-state index in [0.717, 1.165) is 16.5 Å². The number of aromatic amines is 1. The number of carboxylic acids is 3. The highest BCUT2D eigenvalue weighted by molar-refractivity contribution is 5.84. The monoisotopic (exact) mass is 426 g/mol. The Morgan fingerprint density at radius 3 is 1.83 bits per heavy atom. The Hall–Kier alpha value is -2.99. The van der Waals surface area contributed by atoms with Gasteiger partial charge < -0.3 is 42.6 Å². The average molecular weight is 426 g/mol. The van der Waals surface area contributed by atoms with Crippen LogP contribution >= 0.6 is 0 Å². The van der Waals surface area contributed by atoms with E-state index in [0.29, 0.717) is 6.42 Å². The van der Waals surface area contributed by atoms with Crippen molar-refractivity contribution < 1.29 is 34.8 Å². The van der Waals surface area contributed by atoms with E-state index in [1.54, 1.807) is 13.8 Å². The van der Waals surface area contributed by atoms with Crippen LogP contribution in [0.15, 0.2) is 30.5 Å². The number of carbonyl (C=O) groups is 3. The van der Waals surface area contributed by atoms with Gasteiger partial charge in [-0.3, -0.25) is 14.4 Å². The van der Waals surface area contributed by atoms with E-state index in [2.05, 4.69) is 4.98 Å². The van der Waals surface area contributed by atoms with E-state index in [-0.39, 0.29) is 5.92 Å². The van der Waals surface area contributed by atoms with Crippen molar-refractivity contribution in [2.24, 2.45) is 23.1 Å². The molecular weight excluding hydrogens is 396 g/mol. The summed E-state index contributed by atoms with van der Waals surface area (Å²) in [6, 6.07) is 5.08. The number of aliphatic hydroxyl groups is 1. The number of fused-ring (bicyclic) bond motifs is 1. The summed E-state index contributed by atoms with van der Waals surface area (Å²) in [5, 5.41) is 33.9. The van der Waals surface area contributed by atoms with Gasteiger partial charge in [0.2, 0.25) is 0 Å². The highest BCUT2D eigenvalue weighted by Gasteiger charge is 2.15. The zero-order valence-electron chi connectivity index (χ0n) is 16.9. The quantitative estimate of drug-likeness (QED) is 0.285.